The lowest BCUT2D eigenvalue weighted by atomic mass is 9.96. The van der Waals surface area contributed by atoms with E-state index in [-0.39, 0.29) is 16.6 Å². The topological polar surface area (TPSA) is 116 Å². The normalized spacial score (nSPS) is 18.8. The van der Waals surface area contributed by atoms with Crippen LogP contribution < -0.4 is 10.9 Å². The number of hydrogen-bond acceptors (Lipinski definition) is 7. The van der Waals surface area contributed by atoms with Crippen LogP contribution in [0.25, 0.3) is 28.1 Å². The van der Waals surface area contributed by atoms with Crippen LogP contribution in [0.4, 0.5) is 5.69 Å². The summed E-state index contributed by atoms with van der Waals surface area (Å²) in [6.45, 7) is 4.66. The predicted octanol–water partition coefficient (Wildman–Crippen LogP) is 6.47. The highest BCUT2D eigenvalue weighted by Crippen LogP contribution is 2.36. The fourth-order valence-corrected chi connectivity index (χ4v) is 6.15. The second-order valence-electron chi connectivity index (χ2n) is 10.6. The molecule has 5 heterocycles. The second-order valence-corrected chi connectivity index (χ2v) is 11.9. The van der Waals surface area contributed by atoms with E-state index in [9.17, 15) is 9.90 Å². The van der Waals surface area contributed by atoms with Crippen LogP contribution in [-0.2, 0) is 6.54 Å². The molecule has 1 aliphatic rings. The maximum atomic E-state index is 13.9. The summed E-state index contributed by atoms with van der Waals surface area (Å²) in [5.41, 5.74) is 4.67. The number of halogens is 3. The highest BCUT2D eigenvalue weighted by Gasteiger charge is 2.25. The van der Waals surface area contributed by atoms with Crippen LogP contribution in [0.5, 0.6) is 0 Å². The van der Waals surface area contributed by atoms with Gasteiger partial charge in [0.2, 0.25) is 0 Å². The molecule has 0 spiro atoms. The first-order valence-corrected chi connectivity index (χ1v) is 15.1. The molecule has 10 nitrogen and oxygen atoms in total. The van der Waals surface area contributed by atoms with Gasteiger partial charge in [-0.05, 0) is 50.1 Å². The van der Waals surface area contributed by atoms with Crippen molar-refractivity contribution in [2.24, 2.45) is 5.92 Å². The van der Waals surface area contributed by atoms with Gasteiger partial charge in [-0.15, -0.1) is 5.10 Å². The smallest absolute Gasteiger partial charge is 0.251 e. The lowest BCUT2D eigenvalue weighted by Crippen LogP contribution is -2.28. The first-order chi connectivity index (χ1) is 20.7. The molecule has 2 N–H and O–H groups in total. The van der Waals surface area contributed by atoms with E-state index in [2.05, 4.69) is 20.7 Å². The fraction of sp³-hybridized carbons (Fsp3) is 0.300. The molecule has 0 fully saturated rings. The summed E-state index contributed by atoms with van der Waals surface area (Å²) >= 11 is 19.3. The number of rotatable bonds is 4. The lowest BCUT2D eigenvalue weighted by molar-refractivity contribution is 0.136. The van der Waals surface area contributed by atoms with Crippen molar-refractivity contribution in [2.75, 3.05) is 5.32 Å². The number of fused-ring (bicyclic) bond motifs is 4. The maximum absolute atomic E-state index is 13.9. The molecule has 43 heavy (non-hydrogen) atoms. The largest absolute Gasteiger partial charge is 0.374 e. The number of pyridine rings is 2. The molecule has 2 bridgehead atoms. The Kier molecular flexibility index (Phi) is 8.28. The van der Waals surface area contributed by atoms with Gasteiger partial charge in [-0.2, -0.15) is 5.10 Å². The van der Waals surface area contributed by atoms with E-state index in [1.165, 1.54) is 10.7 Å². The van der Waals surface area contributed by atoms with Crippen LogP contribution in [0, 0.1) is 5.92 Å². The quantitative estimate of drug-likeness (QED) is 0.231. The molecule has 3 atom stereocenters. The third-order valence-corrected chi connectivity index (χ3v) is 8.55. The van der Waals surface area contributed by atoms with Gasteiger partial charge >= 0.3 is 0 Å². The first kappa shape index (κ1) is 29.4. The van der Waals surface area contributed by atoms with Crippen LogP contribution >= 0.6 is 34.8 Å². The number of nitrogens with zero attached hydrogens (tertiary/aromatic N) is 7. The van der Waals surface area contributed by atoms with Crippen LogP contribution in [0.3, 0.4) is 0 Å². The van der Waals surface area contributed by atoms with Gasteiger partial charge in [0.25, 0.3) is 5.56 Å². The first-order valence-electron chi connectivity index (χ1n) is 14.0. The molecule has 222 valence electrons. The molecule has 1 aromatic carbocycles. The minimum Gasteiger partial charge on any atom is -0.374 e. The number of hydrogen-bond donors (Lipinski definition) is 2. The van der Waals surface area contributed by atoms with E-state index in [1.807, 2.05) is 30.7 Å². The van der Waals surface area contributed by atoms with Crippen molar-refractivity contribution in [1.82, 2.24) is 34.3 Å². The Morgan fingerprint density at radius 2 is 1.91 bits per heavy atom. The molecular formula is C30H29Cl3N8O2. The minimum atomic E-state index is -0.754. The summed E-state index contributed by atoms with van der Waals surface area (Å²) in [7, 11) is 0. The van der Waals surface area contributed by atoms with E-state index in [0.29, 0.717) is 39.8 Å². The number of nitrogens with one attached hydrogen (secondary N) is 1. The van der Waals surface area contributed by atoms with Gasteiger partial charge in [0.15, 0.2) is 5.15 Å². The summed E-state index contributed by atoms with van der Waals surface area (Å²) in [5, 5.41) is 27.7. The molecule has 0 radical (unpaired) electrons. The molecule has 6 rings (SSSR count). The van der Waals surface area contributed by atoms with Crippen molar-refractivity contribution in [3.63, 3.8) is 0 Å². The van der Waals surface area contributed by atoms with Crippen LogP contribution in [0.15, 0.2) is 66.0 Å². The Balaban J connectivity index is 1.47. The summed E-state index contributed by atoms with van der Waals surface area (Å²) in [6.07, 6.45) is 8.03. The summed E-state index contributed by atoms with van der Waals surface area (Å²) in [4.78, 5) is 18.6. The Morgan fingerprint density at radius 3 is 2.67 bits per heavy atom. The number of aryl methyl sites for hydroxylation is 1. The monoisotopic (exact) mass is 638 g/mol. The Morgan fingerprint density at radius 1 is 1.07 bits per heavy atom. The van der Waals surface area contributed by atoms with Crippen LogP contribution in [0.2, 0.25) is 15.2 Å². The molecule has 4 aromatic heterocycles. The highest BCUT2D eigenvalue weighted by molar-refractivity contribution is 6.34. The molecule has 1 unspecified atom stereocenters. The summed E-state index contributed by atoms with van der Waals surface area (Å²) < 4.78 is 5.03. The summed E-state index contributed by atoms with van der Waals surface area (Å²) in [6, 6.07) is 10.2. The Bertz CT molecular complexity index is 1850. The number of aromatic nitrogens is 7. The van der Waals surface area contributed by atoms with Crippen molar-refractivity contribution >= 4 is 40.5 Å². The highest BCUT2D eigenvalue weighted by atomic mass is 35.5. The van der Waals surface area contributed by atoms with E-state index >= 15 is 0 Å². The fourth-order valence-electron chi connectivity index (χ4n) is 5.59. The predicted molar refractivity (Wildman–Crippen MR) is 168 cm³/mol. The molecular weight excluding hydrogens is 611 g/mol. The van der Waals surface area contributed by atoms with Gasteiger partial charge in [0, 0.05) is 52.6 Å². The average molecular weight is 640 g/mol. The molecule has 0 amide bonds. The van der Waals surface area contributed by atoms with Crippen molar-refractivity contribution in [1.29, 1.82) is 0 Å². The minimum absolute atomic E-state index is 0.0431. The molecule has 13 heteroatoms. The number of anilines is 1. The lowest BCUT2D eigenvalue weighted by Gasteiger charge is -2.25. The SMILES string of the molecule is CCn1ncc2c1-c1ccnc(c1)[C@@H](n1cc(Cl)c(-c3cc(Cl)ccc3-n3cc(Cl)nn3)cc1=O)CCC[C@@H](C)C(O)N2. The van der Waals surface area contributed by atoms with Crippen molar-refractivity contribution in [2.45, 2.75) is 51.9 Å². The van der Waals surface area contributed by atoms with Crippen molar-refractivity contribution in [3.8, 4) is 28.1 Å². The van der Waals surface area contributed by atoms with E-state index in [1.54, 1.807) is 47.6 Å². The average Bonchev–Trinajstić information content (AvgIpc) is 3.61. The van der Waals surface area contributed by atoms with Gasteiger partial charge in [0.05, 0.1) is 46.2 Å². The van der Waals surface area contributed by atoms with Gasteiger partial charge in [0.1, 0.15) is 6.23 Å². The van der Waals surface area contributed by atoms with Gasteiger partial charge in [-0.25, -0.2) is 4.68 Å². The second kappa shape index (κ2) is 12.1. The Labute approximate surface area is 262 Å². The number of aliphatic hydroxyl groups is 1. The molecule has 0 saturated heterocycles. The van der Waals surface area contributed by atoms with Crippen LogP contribution in [-0.4, -0.2) is 45.7 Å². The molecule has 5 aromatic rings. The standard InChI is InChI=1S/C30H29Cl3N8O2/c1-3-40-29-18-9-10-34-23(11-18)26(6-4-5-17(2)30(43)36-24(29)14-35-40)39-15-22(32)20(13-28(39)42)21-12-19(31)7-8-25(21)41-16-27(33)37-38-41/h7-17,26,30,36,43H,3-6H2,1-2H3/t17-,26+,30?/m1/s1. The van der Waals surface area contributed by atoms with E-state index < -0.39 is 12.3 Å². The maximum Gasteiger partial charge on any atom is 0.251 e. The number of aliphatic hydroxyl groups excluding tert-OH is 1. The number of benzene rings is 1. The zero-order valence-corrected chi connectivity index (χ0v) is 25.7. The van der Waals surface area contributed by atoms with Crippen molar-refractivity contribution < 1.29 is 5.11 Å². The molecule has 0 aliphatic carbocycles. The zero-order chi connectivity index (χ0) is 30.2. The zero-order valence-electron chi connectivity index (χ0n) is 23.5. The van der Waals surface area contributed by atoms with Gasteiger partial charge < -0.3 is 15.0 Å². The van der Waals surface area contributed by atoms with Crippen LogP contribution in [0.1, 0.15) is 44.8 Å². The summed E-state index contributed by atoms with van der Waals surface area (Å²) in [5.74, 6) is -0.0431. The Hall–Kier alpha value is -3.70. The third kappa shape index (κ3) is 5.80. The molecule has 1 aliphatic heterocycles. The van der Waals surface area contributed by atoms with Crippen molar-refractivity contribution in [3.05, 3.63) is 92.4 Å². The third-order valence-electron chi connectivity index (χ3n) is 7.84. The molecule has 0 saturated carbocycles. The van der Waals surface area contributed by atoms with E-state index in [4.69, 9.17) is 39.8 Å². The van der Waals surface area contributed by atoms with E-state index in [0.717, 1.165) is 35.5 Å². The van der Waals surface area contributed by atoms with Gasteiger partial charge in [-0.1, -0.05) is 53.4 Å². The van der Waals surface area contributed by atoms with Gasteiger partial charge in [-0.3, -0.25) is 14.5 Å².